The second-order valence-electron chi connectivity index (χ2n) is 4.37. The number of nitrogens with zero attached hydrogens (tertiary/aromatic N) is 2. The average molecular weight is 340 g/mol. The minimum atomic E-state index is -4.54. The second-order valence-corrected chi connectivity index (χ2v) is 4.78. The zero-order valence-corrected chi connectivity index (χ0v) is 12.2. The van der Waals surface area contributed by atoms with Crippen LogP contribution < -0.4 is 5.32 Å². The highest BCUT2D eigenvalue weighted by atomic mass is 35.5. The van der Waals surface area contributed by atoms with Crippen molar-refractivity contribution < 1.29 is 27.9 Å². The molecule has 1 aromatic rings. The molecule has 10 heteroatoms. The summed E-state index contributed by atoms with van der Waals surface area (Å²) in [6, 6.07) is 0.731. The minimum Gasteiger partial charge on any atom is -0.480 e. The Bertz CT molecular complexity index is 566. The number of hydrogen-bond donors (Lipinski definition) is 2. The van der Waals surface area contributed by atoms with Crippen LogP contribution in [0.15, 0.2) is 12.3 Å². The molecule has 0 saturated carbocycles. The van der Waals surface area contributed by atoms with Crippen LogP contribution in [-0.2, 0) is 15.8 Å². The number of nitrogens with one attached hydrogen (secondary N) is 1. The Hall–Kier alpha value is -2.03. The fraction of sp³-hybridized carbons (Fsp3) is 0.417. The first kappa shape index (κ1) is 18.0. The van der Waals surface area contributed by atoms with Gasteiger partial charge >= 0.3 is 12.1 Å². The average Bonchev–Trinajstić information content (AvgIpc) is 2.38. The molecule has 0 fully saturated rings. The zero-order valence-electron chi connectivity index (χ0n) is 11.4. The molecule has 0 atom stereocenters. The first-order valence-corrected chi connectivity index (χ1v) is 6.41. The number of amides is 1. The van der Waals surface area contributed by atoms with E-state index in [1.807, 2.05) is 0 Å². The van der Waals surface area contributed by atoms with Gasteiger partial charge in [0.2, 0.25) is 5.91 Å². The largest absolute Gasteiger partial charge is 0.480 e. The van der Waals surface area contributed by atoms with E-state index in [1.165, 1.54) is 7.05 Å². The number of rotatable bonds is 6. The van der Waals surface area contributed by atoms with Gasteiger partial charge in [0.15, 0.2) is 0 Å². The van der Waals surface area contributed by atoms with E-state index in [0.29, 0.717) is 6.20 Å². The summed E-state index contributed by atoms with van der Waals surface area (Å²) in [7, 11) is 1.33. The molecule has 1 amide bonds. The summed E-state index contributed by atoms with van der Waals surface area (Å²) >= 11 is 5.68. The molecule has 6 nitrogen and oxygen atoms in total. The third kappa shape index (κ3) is 5.40. The Morgan fingerprint density at radius 2 is 2.09 bits per heavy atom. The number of carboxylic acid groups (broad SMARTS) is 1. The van der Waals surface area contributed by atoms with Crippen LogP contribution in [0.1, 0.15) is 12.0 Å². The van der Waals surface area contributed by atoms with Crippen molar-refractivity contribution in [3.05, 3.63) is 22.8 Å². The summed E-state index contributed by atoms with van der Waals surface area (Å²) in [6.07, 6.45) is -3.96. The molecule has 1 heterocycles. The molecule has 1 aromatic heterocycles. The molecular weight excluding hydrogens is 327 g/mol. The number of aromatic nitrogens is 1. The Morgan fingerprint density at radius 1 is 1.45 bits per heavy atom. The molecule has 22 heavy (non-hydrogen) atoms. The maximum absolute atomic E-state index is 12.4. The Balaban J connectivity index is 2.55. The van der Waals surface area contributed by atoms with Gasteiger partial charge < -0.3 is 15.3 Å². The minimum absolute atomic E-state index is 0.0170. The number of likely N-dealkylation sites (N-methyl/N-ethyl adjacent to an activating group) is 1. The van der Waals surface area contributed by atoms with E-state index < -0.39 is 30.2 Å². The highest BCUT2D eigenvalue weighted by molar-refractivity contribution is 6.32. The van der Waals surface area contributed by atoms with E-state index in [0.717, 1.165) is 11.0 Å². The zero-order chi connectivity index (χ0) is 16.9. The number of carbonyl (C=O) groups is 2. The van der Waals surface area contributed by atoms with Crippen LogP contribution in [-0.4, -0.2) is 47.0 Å². The SMILES string of the molecule is CN(CC(=O)O)C(=O)CCNc1ncc(C(F)(F)F)cc1Cl. The molecule has 1 rings (SSSR count). The van der Waals surface area contributed by atoms with Crippen LogP contribution >= 0.6 is 11.6 Å². The lowest BCUT2D eigenvalue weighted by Crippen LogP contribution is -2.32. The van der Waals surface area contributed by atoms with Gasteiger partial charge in [-0.3, -0.25) is 9.59 Å². The molecule has 0 aliphatic rings. The van der Waals surface area contributed by atoms with E-state index in [-0.39, 0.29) is 23.8 Å². The van der Waals surface area contributed by atoms with Gasteiger partial charge in [-0.1, -0.05) is 11.6 Å². The van der Waals surface area contributed by atoms with Gasteiger partial charge in [-0.15, -0.1) is 0 Å². The van der Waals surface area contributed by atoms with Crippen LogP contribution in [0.5, 0.6) is 0 Å². The predicted octanol–water partition coefficient (Wildman–Crippen LogP) is 2.10. The quantitative estimate of drug-likeness (QED) is 0.829. The molecule has 122 valence electrons. The Labute approximate surface area is 128 Å². The summed E-state index contributed by atoms with van der Waals surface area (Å²) in [5.41, 5.74) is -0.972. The topological polar surface area (TPSA) is 82.5 Å². The monoisotopic (exact) mass is 339 g/mol. The maximum atomic E-state index is 12.4. The summed E-state index contributed by atoms with van der Waals surface area (Å²) in [6.45, 7) is -0.376. The molecular formula is C12H13ClF3N3O3. The van der Waals surface area contributed by atoms with Gasteiger partial charge in [-0.05, 0) is 6.07 Å². The summed E-state index contributed by atoms with van der Waals surface area (Å²) < 4.78 is 37.3. The lowest BCUT2D eigenvalue weighted by molar-refractivity contribution is -0.143. The molecule has 0 aliphatic heterocycles. The van der Waals surface area contributed by atoms with E-state index >= 15 is 0 Å². The molecule has 0 aromatic carbocycles. The summed E-state index contributed by atoms with van der Waals surface area (Å²) in [4.78, 5) is 26.6. The Kier molecular flexibility index (Phi) is 5.98. The van der Waals surface area contributed by atoms with Crippen LogP contribution in [0.4, 0.5) is 19.0 Å². The molecule has 0 radical (unpaired) electrons. The maximum Gasteiger partial charge on any atom is 0.417 e. The summed E-state index contributed by atoms with van der Waals surface area (Å²) in [5.74, 6) is -1.56. The number of hydrogen-bond acceptors (Lipinski definition) is 4. The summed E-state index contributed by atoms with van der Waals surface area (Å²) in [5, 5.41) is 10.9. The van der Waals surface area contributed by atoms with Crippen LogP contribution in [0.3, 0.4) is 0 Å². The van der Waals surface area contributed by atoms with Gasteiger partial charge in [0, 0.05) is 26.2 Å². The molecule has 0 unspecified atom stereocenters. The Morgan fingerprint density at radius 3 is 2.59 bits per heavy atom. The van der Waals surface area contributed by atoms with E-state index in [2.05, 4.69) is 10.3 Å². The number of halogens is 4. The standard InChI is InChI=1S/C12H13ClF3N3O3/c1-19(6-10(21)22)9(20)2-3-17-11-8(13)4-7(5-18-11)12(14,15)16/h4-5H,2-3,6H2,1H3,(H,17,18)(H,21,22). The van der Waals surface area contributed by atoms with Gasteiger partial charge in [-0.25, -0.2) is 4.98 Å². The second kappa shape index (κ2) is 7.30. The van der Waals surface area contributed by atoms with Crippen molar-refractivity contribution in [3.8, 4) is 0 Å². The smallest absolute Gasteiger partial charge is 0.417 e. The third-order valence-corrected chi connectivity index (χ3v) is 2.89. The first-order valence-electron chi connectivity index (χ1n) is 6.03. The van der Waals surface area contributed by atoms with Crippen LogP contribution in [0.2, 0.25) is 5.02 Å². The number of alkyl halides is 3. The fourth-order valence-corrected chi connectivity index (χ4v) is 1.73. The van der Waals surface area contributed by atoms with Crippen molar-refractivity contribution in [3.63, 3.8) is 0 Å². The number of carbonyl (C=O) groups excluding carboxylic acids is 1. The van der Waals surface area contributed by atoms with Crippen LogP contribution in [0, 0.1) is 0 Å². The number of carboxylic acids is 1. The molecule has 0 saturated heterocycles. The number of pyridine rings is 1. The third-order valence-electron chi connectivity index (χ3n) is 2.60. The van der Waals surface area contributed by atoms with E-state index in [9.17, 15) is 22.8 Å². The molecule has 0 bridgehead atoms. The van der Waals surface area contributed by atoms with E-state index in [4.69, 9.17) is 16.7 Å². The normalized spacial score (nSPS) is 11.1. The van der Waals surface area contributed by atoms with Crippen molar-refractivity contribution >= 4 is 29.3 Å². The van der Waals surface area contributed by atoms with Crippen molar-refractivity contribution in [1.82, 2.24) is 9.88 Å². The first-order chi connectivity index (χ1) is 10.1. The van der Waals surface area contributed by atoms with Crippen molar-refractivity contribution in [2.75, 3.05) is 25.5 Å². The highest BCUT2D eigenvalue weighted by Crippen LogP contribution is 2.32. The van der Waals surface area contributed by atoms with Crippen LogP contribution in [0.25, 0.3) is 0 Å². The number of anilines is 1. The lowest BCUT2D eigenvalue weighted by atomic mass is 10.2. The van der Waals surface area contributed by atoms with Crippen molar-refractivity contribution in [2.24, 2.45) is 0 Å². The highest BCUT2D eigenvalue weighted by Gasteiger charge is 2.31. The van der Waals surface area contributed by atoms with Gasteiger partial charge in [-0.2, -0.15) is 13.2 Å². The fourth-order valence-electron chi connectivity index (χ4n) is 1.49. The van der Waals surface area contributed by atoms with E-state index in [1.54, 1.807) is 0 Å². The van der Waals surface area contributed by atoms with Gasteiger partial charge in [0.25, 0.3) is 0 Å². The van der Waals surface area contributed by atoms with Crippen molar-refractivity contribution in [2.45, 2.75) is 12.6 Å². The molecule has 0 aliphatic carbocycles. The molecule has 2 N–H and O–H groups in total. The predicted molar refractivity (Wildman–Crippen MR) is 72.6 cm³/mol. The van der Waals surface area contributed by atoms with Gasteiger partial charge in [0.05, 0.1) is 10.6 Å². The van der Waals surface area contributed by atoms with Gasteiger partial charge in [0.1, 0.15) is 12.4 Å². The van der Waals surface area contributed by atoms with Crippen molar-refractivity contribution in [1.29, 1.82) is 0 Å². The number of aliphatic carboxylic acids is 1. The lowest BCUT2D eigenvalue weighted by Gasteiger charge is -2.15. The molecule has 0 spiro atoms.